The fourth-order valence-electron chi connectivity index (χ4n) is 3.84. The van der Waals surface area contributed by atoms with Crippen LogP contribution in [0.4, 0.5) is 0 Å². The lowest BCUT2D eigenvalue weighted by Gasteiger charge is -2.37. The van der Waals surface area contributed by atoms with E-state index in [2.05, 4.69) is 0 Å². The molecule has 1 aliphatic heterocycles. The first-order valence-electron chi connectivity index (χ1n) is 9.32. The van der Waals surface area contributed by atoms with Crippen molar-refractivity contribution >= 4 is 11.9 Å². The molecule has 2 unspecified atom stereocenters. The topological polar surface area (TPSA) is 71.8 Å². The van der Waals surface area contributed by atoms with Crippen LogP contribution < -0.4 is 0 Å². The summed E-state index contributed by atoms with van der Waals surface area (Å²) in [5.74, 6) is -1.43. The normalized spacial score (nSPS) is 19.8. The highest BCUT2D eigenvalue weighted by molar-refractivity contribution is 6.01. The Morgan fingerprint density at radius 3 is 2.63 bits per heavy atom. The van der Waals surface area contributed by atoms with Gasteiger partial charge in [0.1, 0.15) is 17.8 Å². The Bertz CT molecular complexity index is 828. The lowest BCUT2D eigenvalue weighted by atomic mass is 9.94. The second-order valence-electron chi connectivity index (χ2n) is 6.93. The largest absolute Gasteiger partial charge is 0.466 e. The molecular formula is C21H26N2O4. The third kappa shape index (κ3) is 3.62. The molecule has 0 aliphatic carbocycles. The minimum atomic E-state index is -1.18. The summed E-state index contributed by atoms with van der Waals surface area (Å²) in [6.45, 7) is 4.36. The number of rotatable bonds is 4. The molecule has 3 rings (SSSR count). The number of esters is 1. The molecule has 0 saturated carbocycles. The van der Waals surface area contributed by atoms with E-state index < -0.39 is 18.1 Å². The zero-order valence-corrected chi connectivity index (χ0v) is 16.0. The number of aliphatic hydroxyl groups is 1. The van der Waals surface area contributed by atoms with Gasteiger partial charge in [-0.15, -0.1) is 0 Å². The van der Waals surface area contributed by atoms with E-state index in [1.165, 1.54) is 4.90 Å². The molecule has 6 heteroatoms. The average molecular weight is 370 g/mol. The van der Waals surface area contributed by atoms with Crippen molar-refractivity contribution in [2.45, 2.75) is 32.9 Å². The van der Waals surface area contributed by atoms with Crippen molar-refractivity contribution in [1.82, 2.24) is 9.47 Å². The first-order chi connectivity index (χ1) is 13.0. The Kier molecular flexibility index (Phi) is 5.65. The molecule has 1 aromatic heterocycles. The fraction of sp³-hybridized carbons (Fsp3) is 0.429. The molecule has 0 bridgehead atoms. The quantitative estimate of drug-likeness (QED) is 0.840. The summed E-state index contributed by atoms with van der Waals surface area (Å²) in [7, 11) is 1.83. The van der Waals surface area contributed by atoms with Crippen molar-refractivity contribution < 1.29 is 19.4 Å². The van der Waals surface area contributed by atoms with E-state index in [4.69, 9.17) is 4.74 Å². The maximum atomic E-state index is 13.4. The molecule has 1 aromatic carbocycles. The number of hydrogen-bond acceptors (Lipinski definition) is 4. The van der Waals surface area contributed by atoms with Crippen LogP contribution in [0.5, 0.6) is 0 Å². The van der Waals surface area contributed by atoms with Gasteiger partial charge in [0, 0.05) is 25.4 Å². The van der Waals surface area contributed by atoms with E-state index >= 15 is 0 Å². The van der Waals surface area contributed by atoms with Crippen molar-refractivity contribution in [2.75, 3.05) is 13.2 Å². The molecule has 1 N–H and O–H groups in total. The van der Waals surface area contributed by atoms with Gasteiger partial charge in [0.05, 0.1) is 6.61 Å². The van der Waals surface area contributed by atoms with Crippen molar-refractivity contribution in [1.29, 1.82) is 0 Å². The summed E-state index contributed by atoms with van der Waals surface area (Å²) in [6, 6.07) is 9.73. The molecule has 144 valence electrons. The number of likely N-dealkylation sites (tertiary alicyclic amines) is 1. The maximum absolute atomic E-state index is 13.4. The molecule has 2 aromatic rings. The van der Waals surface area contributed by atoms with E-state index in [9.17, 15) is 14.7 Å². The number of ether oxygens (including phenoxy) is 1. The standard InChI is InChI=1S/C21H26N2O4/c1-4-27-21(26)16-11-8-12-23(19(16)24)20(25)18-17(14(2)13-22(18)3)15-9-6-5-7-10-15/h5-7,9-10,13,16,19,24H,4,8,11-12H2,1-3H3. The lowest BCUT2D eigenvalue weighted by molar-refractivity contribution is -0.159. The van der Waals surface area contributed by atoms with Crippen LogP contribution in [0.1, 0.15) is 35.8 Å². The van der Waals surface area contributed by atoms with Gasteiger partial charge in [0.25, 0.3) is 5.91 Å². The Morgan fingerprint density at radius 1 is 1.26 bits per heavy atom. The number of aryl methyl sites for hydroxylation is 2. The van der Waals surface area contributed by atoms with E-state index in [1.807, 2.05) is 50.5 Å². The number of carbonyl (C=O) groups is 2. The summed E-state index contributed by atoms with van der Waals surface area (Å²) in [4.78, 5) is 26.9. The molecule has 0 radical (unpaired) electrons. The van der Waals surface area contributed by atoms with Gasteiger partial charge in [-0.05, 0) is 37.8 Å². The van der Waals surface area contributed by atoms with E-state index in [-0.39, 0.29) is 12.5 Å². The van der Waals surface area contributed by atoms with Crippen molar-refractivity contribution in [3.05, 3.63) is 47.8 Å². The minimum absolute atomic E-state index is 0.255. The number of benzene rings is 1. The number of piperidine rings is 1. The van der Waals surface area contributed by atoms with Gasteiger partial charge in [-0.3, -0.25) is 9.59 Å². The van der Waals surface area contributed by atoms with Crippen LogP contribution in [0.15, 0.2) is 36.5 Å². The van der Waals surface area contributed by atoms with Crippen LogP contribution in [0.25, 0.3) is 11.1 Å². The number of aliphatic hydroxyl groups excluding tert-OH is 1. The monoisotopic (exact) mass is 370 g/mol. The van der Waals surface area contributed by atoms with Gasteiger partial charge in [0.2, 0.25) is 0 Å². The lowest BCUT2D eigenvalue weighted by Crippen LogP contribution is -2.51. The minimum Gasteiger partial charge on any atom is -0.466 e. The molecule has 1 fully saturated rings. The summed E-state index contributed by atoms with van der Waals surface area (Å²) in [5.41, 5.74) is 3.31. The highest BCUT2D eigenvalue weighted by atomic mass is 16.5. The highest BCUT2D eigenvalue weighted by Crippen LogP contribution is 2.32. The molecule has 1 amide bonds. The average Bonchev–Trinajstić information content (AvgIpc) is 2.96. The molecule has 0 spiro atoms. The molecule has 2 atom stereocenters. The van der Waals surface area contributed by atoms with Gasteiger partial charge < -0.3 is 19.3 Å². The SMILES string of the molecule is CCOC(=O)C1CCCN(C(=O)c2c(-c3ccccc3)c(C)cn2C)C1O. The highest BCUT2D eigenvalue weighted by Gasteiger charge is 2.39. The van der Waals surface area contributed by atoms with Gasteiger partial charge in [-0.25, -0.2) is 0 Å². The third-order valence-corrected chi connectivity index (χ3v) is 5.08. The van der Waals surface area contributed by atoms with Gasteiger partial charge in [-0.1, -0.05) is 30.3 Å². The van der Waals surface area contributed by atoms with Crippen molar-refractivity contribution in [2.24, 2.45) is 13.0 Å². The maximum Gasteiger partial charge on any atom is 0.313 e. The number of carbonyl (C=O) groups excluding carboxylic acids is 2. The summed E-state index contributed by atoms with van der Waals surface area (Å²) < 4.78 is 6.86. The van der Waals surface area contributed by atoms with E-state index in [1.54, 1.807) is 11.5 Å². The van der Waals surface area contributed by atoms with Crippen LogP contribution in [0.2, 0.25) is 0 Å². The molecule has 1 aliphatic rings. The van der Waals surface area contributed by atoms with Crippen LogP contribution >= 0.6 is 0 Å². The van der Waals surface area contributed by atoms with Crippen LogP contribution in [0, 0.1) is 12.8 Å². The van der Waals surface area contributed by atoms with E-state index in [0.717, 1.165) is 16.7 Å². The number of amides is 1. The van der Waals surface area contributed by atoms with E-state index in [0.29, 0.717) is 25.1 Å². The fourth-order valence-corrected chi connectivity index (χ4v) is 3.84. The first-order valence-corrected chi connectivity index (χ1v) is 9.32. The number of nitrogens with zero attached hydrogens (tertiary/aromatic N) is 2. The number of aromatic nitrogens is 1. The number of hydrogen-bond donors (Lipinski definition) is 1. The predicted molar refractivity (Wildman–Crippen MR) is 102 cm³/mol. The zero-order valence-electron chi connectivity index (χ0n) is 16.0. The summed E-state index contributed by atoms with van der Waals surface area (Å²) >= 11 is 0. The Morgan fingerprint density at radius 2 is 1.96 bits per heavy atom. The third-order valence-electron chi connectivity index (χ3n) is 5.08. The summed E-state index contributed by atoms with van der Waals surface area (Å²) in [5, 5.41) is 10.7. The Hall–Kier alpha value is -2.60. The second-order valence-corrected chi connectivity index (χ2v) is 6.93. The second kappa shape index (κ2) is 7.96. The van der Waals surface area contributed by atoms with Crippen LogP contribution in [-0.4, -0.2) is 45.8 Å². The molecule has 2 heterocycles. The Labute approximate surface area is 159 Å². The first kappa shape index (κ1) is 19.2. The molecule has 6 nitrogen and oxygen atoms in total. The van der Waals surface area contributed by atoms with Gasteiger partial charge in [0.15, 0.2) is 0 Å². The zero-order chi connectivity index (χ0) is 19.6. The van der Waals surface area contributed by atoms with Crippen molar-refractivity contribution in [3.8, 4) is 11.1 Å². The smallest absolute Gasteiger partial charge is 0.313 e. The molecule has 27 heavy (non-hydrogen) atoms. The van der Waals surface area contributed by atoms with Gasteiger partial charge in [-0.2, -0.15) is 0 Å². The summed E-state index contributed by atoms with van der Waals surface area (Å²) in [6.07, 6.45) is 1.90. The van der Waals surface area contributed by atoms with Crippen LogP contribution in [0.3, 0.4) is 0 Å². The molecular weight excluding hydrogens is 344 g/mol. The van der Waals surface area contributed by atoms with Crippen molar-refractivity contribution in [3.63, 3.8) is 0 Å². The van der Waals surface area contributed by atoms with Crippen LogP contribution in [-0.2, 0) is 16.6 Å². The molecule has 1 saturated heterocycles. The Balaban J connectivity index is 1.95. The van der Waals surface area contributed by atoms with Gasteiger partial charge >= 0.3 is 5.97 Å². The predicted octanol–water partition coefficient (Wildman–Crippen LogP) is 2.73.